The van der Waals surface area contributed by atoms with E-state index in [1.165, 1.54) is 19.3 Å². The molecule has 1 saturated carbocycles. The van der Waals surface area contributed by atoms with Crippen molar-refractivity contribution in [1.29, 1.82) is 0 Å². The van der Waals surface area contributed by atoms with Crippen molar-refractivity contribution in [2.75, 3.05) is 26.1 Å². The zero-order chi connectivity index (χ0) is 16.3. The summed E-state index contributed by atoms with van der Waals surface area (Å²) >= 11 is 5.79. The maximum Gasteiger partial charge on any atom is 0.237 e. The molecule has 1 aromatic rings. The van der Waals surface area contributed by atoms with Crippen LogP contribution in [0, 0.1) is 5.41 Å². The molecule has 0 radical (unpaired) electrons. The maximum atomic E-state index is 12.2. The van der Waals surface area contributed by atoms with Gasteiger partial charge in [0.15, 0.2) is 0 Å². The molecular formula is C16H24ClN3O3. The Labute approximate surface area is 141 Å². The van der Waals surface area contributed by atoms with Crippen LogP contribution in [0.5, 0.6) is 0 Å². The van der Waals surface area contributed by atoms with E-state index in [2.05, 4.69) is 5.10 Å². The van der Waals surface area contributed by atoms with Gasteiger partial charge in [-0.3, -0.25) is 4.79 Å². The number of nitrogens with zero attached hydrogens (tertiary/aromatic N) is 3. The average molecular weight is 342 g/mol. The summed E-state index contributed by atoms with van der Waals surface area (Å²) in [6.45, 7) is 2.27. The fourth-order valence-electron chi connectivity index (χ4n) is 3.55. The fraction of sp³-hybridized carbons (Fsp3) is 0.750. The van der Waals surface area contributed by atoms with E-state index < -0.39 is 0 Å². The number of aromatic nitrogens is 2. The Bertz CT molecular complexity index is 544. The number of rotatable bonds is 7. The minimum Gasteiger partial charge on any atom is -0.376 e. The SMILES string of the molecule is COCn1nccc1CN(CC1CC2(CCC2)CO1)C(=O)CCl. The summed E-state index contributed by atoms with van der Waals surface area (Å²) in [6, 6.07) is 1.90. The van der Waals surface area contributed by atoms with Crippen molar-refractivity contribution in [2.24, 2.45) is 5.41 Å². The summed E-state index contributed by atoms with van der Waals surface area (Å²) in [5.41, 5.74) is 1.32. The number of carbonyl (C=O) groups is 1. The first-order chi connectivity index (χ1) is 11.2. The van der Waals surface area contributed by atoms with Crippen LogP contribution < -0.4 is 0 Å². The van der Waals surface area contributed by atoms with Gasteiger partial charge in [-0.25, -0.2) is 4.68 Å². The highest BCUT2D eigenvalue weighted by Crippen LogP contribution is 2.49. The van der Waals surface area contributed by atoms with Gasteiger partial charge in [0, 0.05) is 19.9 Å². The highest BCUT2D eigenvalue weighted by atomic mass is 35.5. The lowest BCUT2D eigenvalue weighted by Crippen LogP contribution is -2.39. The van der Waals surface area contributed by atoms with Crippen LogP contribution >= 0.6 is 11.6 Å². The lowest BCUT2D eigenvalue weighted by Gasteiger charge is -2.36. The summed E-state index contributed by atoms with van der Waals surface area (Å²) in [5, 5.41) is 4.21. The zero-order valence-electron chi connectivity index (χ0n) is 13.5. The van der Waals surface area contributed by atoms with Crippen LogP contribution in [0.15, 0.2) is 12.3 Å². The van der Waals surface area contributed by atoms with E-state index in [1.807, 2.05) is 6.07 Å². The van der Waals surface area contributed by atoms with Crippen LogP contribution in [0.25, 0.3) is 0 Å². The first-order valence-corrected chi connectivity index (χ1v) is 8.64. The monoisotopic (exact) mass is 341 g/mol. The van der Waals surface area contributed by atoms with Gasteiger partial charge in [-0.05, 0) is 30.7 Å². The molecule has 1 saturated heterocycles. The van der Waals surface area contributed by atoms with E-state index in [-0.39, 0.29) is 17.9 Å². The Morgan fingerprint density at radius 2 is 2.43 bits per heavy atom. The Morgan fingerprint density at radius 1 is 1.61 bits per heavy atom. The Morgan fingerprint density at radius 3 is 3.04 bits per heavy atom. The zero-order valence-corrected chi connectivity index (χ0v) is 14.3. The number of carbonyl (C=O) groups excluding carboxylic acids is 1. The quantitative estimate of drug-likeness (QED) is 0.712. The number of hydrogen-bond acceptors (Lipinski definition) is 4. The standard InChI is InChI=1S/C16H24ClN3O3/c1-22-12-20-13(3-6-18-20)9-19(15(21)8-17)10-14-7-16(11-23-14)4-2-5-16/h3,6,14H,2,4-5,7-12H2,1H3. The van der Waals surface area contributed by atoms with E-state index in [0.717, 1.165) is 18.7 Å². The number of ether oxygens (including phenoxy) is 2. The van der Waals surface area contributed by atoms with Crippen molar-refractivity contribution in [3.8, 4) is 0 Å². The predicted octanol–water partition coefficient (Wildman–Crippen LogP) is 2.01. The predicted molar refractivity (Wildman–Crippen MR) is 86.0 cm³/mol. The molecule has 2 fully saturated rings. The highest BCUT2D eigenvalue weighted by molar-refractivity contribution is 6.27. The number of amides is 1. The van der Waals surface area contributed by atoms with Crippen LogP contribution in [0.4, 0.5) is 0 Å². The van der Waals surface area contributed by atoms with Crippen molar-refractivity contribution < 1.29 is 14.3 Å². The van der Waals surface area contributed by atoms with E-state index >= 15 is 0 Å². The number of alkyl halides is 1. The molecule has 1 aliphatic heterocycles. The normalized spacial score (nSPS) is 22.3. The topological polar surface area (TPSA) is 56.6 Å². The van der Waals surface area contributed by atoms with Crippen LogP contribution in [0.2, 0.25) is 0 Å². The van der Waals surface area contributed by atoms with Gasteiger partial charge in [-0.2, -0.15) is 5.10 Å². The number of halogens is 1. The molecule has 0 N–H and O–H groups in total. The molecule has 1 aromatic heterocycles. The molecule has 128 valence electrons. The summed E-state index contributed by atoms with van der Waals surface area (Å²) in [5.74, 6) is -0.0917. The first kappa shape index (κ1) is 16.7. The molecule has 7 heteroatoms. The van der Waals surface area contributed by atoms with Crippen LogP contribution in [-0.4, -0.2) is 52.8 Å². The number of methoxy groups -OCH3 is 1. The first-order valence-electron chi connectivity index (χ1n) is 8.11. The molecule has 23 heavy (non-hydrogen) atoms. The van der Waals surface area contributed by atoms with Gasteiger partial charge >= 0.3 is 0 Å². The molecule has 1 amide bonds. The molecule has 2 heterocycles. The molecule has 1 spiro atoms. The summed E-state index contributed by atoms with van der Waals surface area (Å²) < 4.78 is 12.8. The number of hydrogen-bond donors (Lipinski definition) is 0. The minimum absolute atomic E-state index is 0.0176. The van der Waals surface area contributed by atoms with Crippen molar-refractivity contribution in [2.45, 2.75) is 45.1 Å². The van der Waals surface area contributed by atoms with Crippen LogP contribution in [0.3, 0.4) is 0 Å². The average Bonchev–Trinajstić information content (AvgIpc) is 3.13. The second-order valence-corrected chi connectivity index (χ2v) is 6.91. The van der Waals surface area contributed by atoms with Gasteiger partial charge in [0.1, 0.15) is 12.6 Å². The third kappa shape index (κ3) is 3.70. The van der Waals surface area contributed by atoms with Crippen molar-refractivity contribution >= 4 is 17.5 Å². The van der Waals surface area contributed by atoms with Gasteiger partial charge in [-0.15, -0.1) is 11.6 Å². The largest absolute Gasteiger partial charge is 0.376 e. The summed E-state index contributed by atoms with van der Waals surface area (Å²) in [7, 11) is 1.62. The molecule has 0 bridgehead atoms. The van der Waals surface area contributed by atoms with Crippen molar-refractivity contribution in [3.63, 3.8) is 0 Å². The highest BCUT2D eigenvalue weighted by Gasteiger charge is 2.45. The smallest absolute Gasteiger partial charge is 0.237 e. The van der Waals surface area contributed by atoms with Gasteiger partial charge in [-0.1, -0.05) is 6.42 Å². The molecule has 1 aliphatic carbocycles. The van der Waals surface area contributed by atoms with Gasteiger partial charge in [0.2, 0.25) is 5.91 Å². The van der Waals surface area contributed by atoms with E-state index in [1.54, 1.807) is 22.9 Å². The Balaban J connectivity index is 1.63. The minimum atomic E-state index is -0.0741. The summed E-state index contributed by atoms with van der Waals surface area (Å²) in [6.07, 6.45) is 6.70. The Hall–Kier alpha value is -1.11. The van der Waals surface area contributed by atoms with E-state index in [4.69, 9.17) is 21.1 Å². The van der Waals surface area contributed by atoms with Crippen molar-refractivity contribution in [3.05, 3.63) is 18.0 Å². The molecule has 1 atom stereocenters. The second kappa shape index (κ2) is 7.20. The Kier molecular flexibility index (Phi) is 5.24. The van der Waals surface area contributed by atoms with Crippen molar-refractivity contribution in [1.82, 2.24) is 14.7 Å². The maximum absolute atomic E-state index is 12.2. The van der Waals surface area contributed by atoms with Crippen LogP contribution in [0.1, 0.15) is 31.4 Å². The van der Waals surface area contributed by atoms with E-state index in [9.17, 15) is 4.79 Å². The fourth-order valence-corrected chi connectivity index (χ4v) is 3.72. The molecule has 3 rings (SSSR count). The molecular weight excluding hydrogens is 318 g/mol. The van der Waals surface area contributed by atoms with Gasteiger partial charge in [0.25, 0.3) is 0 Å². The van der Waals surface area contributed by atoms with Crippen LogP contribution in [-0.2, 0) is 27.5 Å². The lowest BCUT2D eigenvalue weighted by molar-refractivity contribution is -0.130. The second-order valence-electron chi connectivity index (χ2n) is 6.64. The summed E-state index contributed by atoms with van der Waals surface area (Å²) in [4.78, 5) is 14.0. The van der Waals surface area contributed by atoms with Gasteiger partial charge < -0.3 is 14.4 Å². The van der Waals surface area contributed by atoms with Gasteiger partial charge in [0.05, 0.1) is 24.9 Å². The third-order valence-corrected chi connectivity index (χ3v) is 5.23. The molecule has 2 aliphatic rings. The molecule has 6 nitrogen and oxygen atoms in total. The molecule has 0 aromatic carbocycles. The van der Waals surface area contributed by atoms with E-state index in [0.29, 0.717) is 25.2 Å². The lowest BCUT2D eigenvalue weighted by atomic mass is 9.67. The molecule has 1 unspecified atom stereocenters. The third-order valence-electron chi connectivity index (χ3n) is 5.00.